The van der Waals surface area contributed by atoms with Crippen LogP contribution in [0, 0.1) is 0 Å². The van der Waals surface area contributed by atoms with Crippen molar-refractivity contribution in [3.05, 3.63) is 29.8 Å². The molecule has 1 aromatic carbocycles. The molecule has 1 fully saturated rings. The third-order valence-electron chi connectivity index (χ3n) is 4.83. The highest BCUT2D eigenvalue weighted by molar-refractivity contribution is 7.90. The second-order valence-corrected chi connectivity index (χ2v) is 9.42. The Kier molecular flexibility index (Phi) is 9.05. The fourth-order valence-electron chi connectivity index (χ4n) is 3.37. The predicted molar refractivity (Wildman–Crippen MR) is 115 cm³/mol. The van der Waals surface area contributed by atoms with Gasteiger partial charge >= 0.3 is 0 Å². The maximum absolute atomic E-state index is 11.3. The summed E-state index contributed by atoms with van der Waals surface area (Å²) in [6.07, 6.45) is 4.28. The lowest BCUT2D eigenvalue weighted by atomic mass is 10.1. The van der Waals surface area contributed by atoms with Crippen molar-refractivity contribution in [3.8, 4) is 5.75 Å². The summed E-state index contributed by atoms with van der Waals surface area (Å²) in [5, 5.41) is 6.49. The van der Waals surface area contributed by atoms with Gasteiger partial charge in [0.25, 0.3) is 0 Å². The van der Waals surface area contributed by atoms with Crippen LogP contribution >= 0.6 is 0 Å². The van der Waals surface area contributed by atoms with E-state index in [4.69, 9.17) is 9.73 Å². The molecular weight excluding hydrogens is 376 g/mol. The van der Waals surface area contributed by atoms with Gasteiger partial charge in [0.1, 0.15) is 15.6 Å². The summed E-state index contributed by atoms with van der Waals surface area (Å²) < 4.78 is 27.8. The second-order valence-electron chi connectivity index (χ2n) is 7.16. The summed E-state index contributed by atoms with van der Waals surface area (Å²) in [4.78, 5) is 7.27. The van der Waals surface area contributed by atoms with E-state index in [9.17, 15) is 8.42 Å². The molecule has 7 nitrogen and oxygen atoms in total. The number of ether oxygens (including phenoxy) is 1. The van der Waals surface area contributed by atoms with Crippen molar-refractivity contribution in [1.82, 2.24) is 15.5 Å². The molecule has 0 aliphatic carbocycles. The number of rotatable bonds is 10. The molecule has 2 N–H and O–H groups in total. The van der Waals surface area contributed by atoms with Gasteiger partial charge < -0.3 is 15.4 Å². The van der Waals surface area contributed by atoms with Gasteiger partial charge in [0.05, 0.1) is 25.4 Å². The van der Waals surface area contributed by atoms with E-state index in [1.165, 1.54) is 24.7 Å². The molecule has 2 rings (SSSR count). The maximum atomic E-state index is 11.3. The predicted octanol–water partition coefficient (Wildman–Crippen LogP) is 1.82. The molecule has 0 spiro atoms. The first-order valence-corrected chi connectivity index (χ1v) is 12.1. The molecule has 1 aliphatic heterocycles. The van der Waals surface area contributed by atoms with Crippen LogP contribution in [0.2, 0.25) is 0 Å². The Balaban J connectivity index is 2.04. The Labute approximate surface area is 169 Å². The zero-order chi connectivity index (χ0) is 20.4. The third-order valence-corrected chi connectivity index (χ3v) is 5.86. The van der Waals surface area contributed by atoms with Crippen LogP contribution in [-0.2, 0) is 9.84 Å². The van der Waals surface area contributed by atoms with Crippen LogP contribution in [0.3, 0.4) is 0 Å². The van der Waals surface area contributed by atoms with Crippen LogP contribution in [0.25, 0.3) is 0 Å². The van der Waals surface area contributed by atoms with Gasteiger partial charge in [0.15, 0.2) is 5.96 Å². The number of likely N-dealkylation sites (tertiary alicyclic amines) is 1. The first kappa shape index (κ1) is 22.5. The Morgan fingerprint density at radius 2 is 1.89 bits per heavy atom. The van der Waals surface area contributed by atoms with E-state index < -0.39 is 9.84 Å². The summed E-state index contributed by atoms with van der Waals surface area (Å²) in [5.74, 6) is 1.77. The number of nitrogens with zero attached hydrogens (tertiary/aromatic N) is 2. The van der Waals surface area contributed by atoms with Crippen LogP contribution in [0.4, 0.5) is 0 Å². The van der Waals surface area contributed by atoms with Crippen molar-refractivity contribution < 1.29 is 13.2 Å². The molecule has 1 atom stereocenters. The summed E-state index contributed by atoms with van der Waals surface area (Å²) >= 11 is 0. The zero-order valence-electron chi connectivity index (χ0n) is 17.3. The van der Waals surface area contributed by atoms with Gasteiger partial charge in [0.2, 0.25) is 0 Å². The Bertz CT molecular complexity index is 713. The molecule has 0 amide bonds. The number of benzene rings is 1. The van der Waals surface area contributed by atoms with Gasteiger partial charge in [0, 0.05) is 19.3 Å². The minimum Gasteiger partial charge on any atom is -0.497 e. The van der Waals surface area contributed by atoms with Crippen LogP contribution in [-0.4, -0.2) is 71.1 Å². The van der Waals surface area contributed by atoms with Crippen LogP contribution in [0.5, 0.6) is 5.75 Å². The van der Waals surface area contributed by atoms with Gasteiger partial charge in [-0.1, -0.05) is 12.1 Å². The van der Waals surface area contributed by atoms with Crippen molar-refractivity contribution in [2.24, 2.45) is 4.99 Å². The van der Waals surface area contributed by atoms with E-state index >= 15 is 0 Å². The minimum absolute atomic E-state index is 0.182. The fourth-order valence-corrected chi connectivity index (χ4v) is 4.04. The van der Waals surface area contributed by atoms with Gasteiger partial charge in [-0.05, 0) is 57.0 Å². The van der Waals surface area contributed by atoms with Crippen molar-refractivity contribution >= 4 is 15.8 Å². The van der Waals surface area contributed by atoms with Crippen molar-refractivity contribution in [1.29, 1.82) is 0 Å². The molecule has 8 heteroatoms. The number of aliphatic imine (C=N–C) groups is 1. The van der Waals surface area contributed by atoms with Crippen molar-refractivity contribution in [3.63, 3.8) is 0 Å². The topological polar surface area (TPSA) is 83.0 Å². The highest BCUT2D eigenvalue weighted by atomic mass is 32.2. The van der Waals surface area contributed by atoms with Crippen LogP contribution in [0.1, 0.15) is 37.8 Å². The highest BCUT2D eigenvalue weighted by Gasteiger charge is 2.23. The number of guanidine groups is 1. The number of hydrogen-bond acceptors (Lipinski definition) is 5. The number of nitrogens with one attached hydrogen (secondary N) is 2. The van der Waals surface area contributed by atoms with Gasteiger partial charge in [-0.15, -0.1) is 0 Å². The molecule has 0 bridgehead atoms. The third kappa shape index (κ3) is 7.67. The fraction of sp³-hybridized carbons (Fsp3) is 0.650. The SMILES string of the molecule is CCNC(=NCC(c1ccc(OC)cc1)N1CCCC1)NCCCS(C)(=O)=O. The zero-order valence-corrected chi connectivity index (χ0v) is 18.1. The van der Waals surface area contributed by atoms with Gasteiger partial charge in [-0.2, -0.15) is 0 Å². The molecule has 1 heterocycles. The smallest absolute Gasteiger partial charge is 0.191 e. The first-order valence-electron chi connectivity index (χ1n) is 10.0. The number of sulfone groups is 1. The summed E-state index contributed by atoms with van der Waals surface area (Å²) in [7, 11) is -1.25. The van der Waals surface area contributed by atoms with E-state index in [0.29, 0.717) is 19.5 Å². The lowest BCUT2D eigenvalue weighted by molar-refractivity contribution is 0.251. The molecular formula is C20H34N4O3S. The van der Waals surface area contributed by atoms with Crippen molar-refractivity contribution in [2.75, 3.05) is 51.8 Å². The number of hydrogen-bond donors (Lipinski definition) is 2. The molecule has 28 heavy (non-hydrogen) atoms. The lowest BCUT2D eigenvalue weighted by Gasteiger charge is -2.27. The number of methoxy groups -OCH3 is 1. The molecule has 1 aromatic rings. The van der Waals surface area contributed by atoms with E-state index in [0.717, 1.165) is 31.3 Å². The summed E-state index contributed by atoms with van der Waals surface area (Å²) in [5.41, 5.74) is 1.24. The molecule has 1 aliphatic rings. The minimum atomic E-state index is -2.93. The molecule has 158 valence electrons. The standard InChI is InChI=1S/C20H34N4O3S/c1-4-21-20(22-12-7-15-28(3,25)26)23-16-19(24-13-5-6-14-24)17-8-10-18(27-2)11-9-17/h8-11,19H,4-7,12-16H2,1-3H3,(H2,21,22,23). The maximum Gasteiger partial charge on any atom is 0.191 e. The molecule has 0 aromatic heterocycles. The molecule has 1 saturated heterocycles. The Morgan fingerprint density at radius 1 is 1.21 bits per heavy atom. The van der Waals surface area contributed by atoms with Crippen LogP contribution < -0.4 is 15.4 Å². The molecule has 0 radical (unpaired) electrons. The Morgan fingerprint density at radius 3 is 2.46 bits per heavy atom. The summed E-state index contributed by atoms with van der Waals surface area (Å²) in [6, 6.07) is 8.45. The van der Waals surface area contributed by atoms with Gasteiger partial charge in [-0.3, -0.25) is 9.89 Å². The average molecular weight is 411 g/mol. The summed E-state index contributed by atoms with van der Waals surface area (Å²) in [6.45, 7) is 6.18. The molecule has 0 saturated carbocycles. The van der Waals surface area contributed by atoms with Crippen molar-refractivity contribution in [2.45, 2.75) is 32.2 Å². The van der Waals surface area contributed by atoms with E-state index in [1.807, 2.05) is 19.1 Å². The van der Waals surface area contributed by atoms with Gasteiger partial charge in [-0.25, -0.2) is 8.42 Å². The Hall–Kier alpha value is -1.80. The largest absolute Gasteiger partial charge is 0.497 e. The first-order chi connectivity index (χ1) is 13.4. The second kappa shape index (κ2) is 11.3. The normalized spacial score (nSPS) is 16.8. The average Bonchev–Trinajstić information content (AvgIpc) is 3.19. The monoisotopic (exact) mass is 410 g/mol. The van der Waals surface area contributed by atoms with E-state index in [-0.39, 0.29) is 11.8 Å². The van der Waals surface area contributed by atoms with Crippen LogP contribution in [0.15, 0.2) is 29.3 Å². The van der Waals surface area contributed by atoms with E-state index in [2.05, 4.69) is 27.7 Å². The highest BCUT2D eigenvalue weighted by Crippen LogP contribution is 2.27. The van der Waals surface area contributed by atoms with E-state index in [1.54, 1.807) is 7.11 Å². The molecule has 1 unspecified atom stereocenters. The quantitative estimate of drug-likeness (QED) is 0.348. The lowest BCUT2D eigenvalue weighted by Crippen LogP contribution is -2.39.